The normalized spacial score (nSPS) is 11.3. The molecule has 4 nitrogen and oxygen atoms in total. The van der Waals surface area contributed by atoms with Gasteiger partial charge in [0.15, 0.2) is 0 Å². The summed E-state index contributed by atoms with van der Waals surface area (Å²) in [6.45, 7) is 4.83. The molecule has 0 aliphatic carbocycles. The summed E-state index contributed by atoms with van der Waals surface area (Å²) in [7, 11) is 0. The molecule has 120 valence electrons. The standard InChI is InChI=1S/C20H20N4/c1-3-24-19(14-15-21-24)16(2)22-23-20(17-10-6-4-7-11-17)18-12-8-5-9-13-18/h4-15H,3H2,1-2H3/b22-16-. The predicted molar refractivity (Wildman–Crippen MR) is 98.6 cm³/mol. The molecule has 3 rings (SSSR count). The van der Waals surface area contributed by atoms with E-state index in [1.54, 1.807) is 6.20 Å². The van der Waals surface area contributed by atoms with Crippen LogP contribution in [0, 0.1) is 0 Å². The molecule has 0 unspecified atom stereocenters. The molecule has 0 atom stereocenters. The molecule has 0 N–H and O–H groups in total. The van der Waals surface area contributed by atoms with Crippen molar-refractivity contribution in [2.24, 2.45) is 10.2 Å². The van der Waals surface area contributed by atoms with Crippen molar-refractivity contribution in [1.82, 2.24) is 9.78 Å². The fourth-order valence-corrected chi connectivity index (χ4v) is 2.54. The van der Waals surface area contributed by atoms with Gasteiger partial charge in [0.2, 0.25) is 0 Å². The second-order valence-corrected chi connectivity index (χ2v) is 5.40. The SMILES string of the molecule is CCn1nccc1/C(C)=N\N=C(c1ccccc1)c1ccccc1. The summed E-state index contributed by atoms with van der Waals surface area (Å²) >= 11 is 0. The summed E-state index contributed by atoms with van der Waals surface area (Å²) in [5.74, 6) is 0. The number of benzene rings is 2. The van der Waals surface area contributed by atoms with Crippen molar-refractivity contribution in [3.8, 4) is 0 Å². The van der Waals surface area contributed by atoms with Crippen LogP contribution >= 0.6 is 0 Å². The molecular formula is C20H20N4. The highest BCUT2D eigenvalue weighted by atomic mass is 15.3. The van der Waals surface area contributed by atoms with Crippen molar-refractivity contribution in [3.05, 3.63) is 89.7 Å². The van der Waals surface area contributed by atoms with Crippen molar-refractivity contribution in [2.75, 3.05) is 0 Å². The highest BCUT2D eigenvalue weighted by Gasteiger charge is 2.08. The quantitative estimate of drug-likeness (QED) is 0.514. The number of aryl methyl sites for hydroxylation is 1. The van der Waals surface area contributed by atoms with E-state index in [9.17, 15) is 0 Å². The third-order valence-corrected chi connectivity index (χ3v) is 3.78. The Kier molecular flexibility index (Phi) is 4.96. The van der Waals surface area contributed by atoms with Gasteiger partial charge >= 0.3 is 0 Å². The van der Waals surface area contributed by atoms with Gasteiger partial charge in [0.05, 0.1) is 11.4 Å². The Hall–Kier alpha value is -3.01. The first-order chi connectivity index (χ1) is 11.8. The maximum absolute atomic E-state index is 4.56. The number of rotatable bonds is 5. The van der Waals surface area contributed by atoms with Crippen molar-refractivity contribution >= 4 is 11.4 Å². The minimum absolute atomic E-state index is 0.809. The minimum atomic E-state index is 0.809. The van der Waals surface area contributed by atoms with Crippen LogP contribution in [-0.2, 0) is 6.54 Å². The van der Waals surface area contributed by atoms with Gasteiger partial charge in [-0.2, -0.15) is 10.2 Å². The molecular weight excluding hydrogens is 296 g/mol. The molecule has 0 bridgehead atoms. The van der Waals surface area contributed by atoms with E-state index in [0.717, 1.165) is 34.8 Å². The highest BCUT2D eigenvalue weighted by Crippen LogP contribution is 2.12. The highest BCUT2D eigenvalue weighted by molar-refractivity contribution is 6.13. The average molecular weight is 316 g/mol. The van der Waals surface area contributed by atoms with Crippen LogP contribution in [0.1, 0.15) is 30.7 Å². The summed E-state index contributed by atoms with van der Waals surface area (Å²) in [6, 6.07) is 22.2. The van der Waals surface area contributed by atoms with Gasteiger partial charge in [0.25, 0.3) is 0 Å². The molecule has 0 amide bonds. The number of nitrogens with zero attached hydrogens (tertiary/aromatic N) is 4. The monoisotopic (exact) mass is 316 g/mol. The largest absolute Gasteiger partial charge is 0.264 e. The second kappa shape index (κ2) is 7.51. The fourth-order valence-electron chi connectivity index (χ4n) is 2.54. The van der Waals surface area contributed by atoms with E-state index in [2.05, 4.69) is 22.2 Å². The van der Waals surface area contributed by atoms with Crippen LogP contribution in [0.15, 0.2) is 83.1 Å². The van der Waals surface area contributed by atoms with Gasteiger partial charge in [0, 0.05) is 23.9 Å². The lowest BCUT2D eigenvalue weighted by Gasteiger charge is -2.06. The maximum atomic E-state index is 4.56. The second-order valence-electron chi connectivity index (χ2n) is 5.40. The summed E-state index contributed by atoms with van der Waals surface area (Å²) in [4.78, 5) is 0. The maximum Gasteiger partial charge on any atom is 0.100 e. The van der Waals surface area contributed by atoms with E-state index in [-0.39, 0.29) is 0 Å². The van der Waals surface area contributed by atoms with Crippen molar-refractivity contribution < 1.29 is 0 Å². The first-order valence-electron chi connectivity index (χ1n) is 8.05. The zero-order valence-corrected chi connectivity index (χ0v) is 13.9. The van der Waals surface area contributed by atoms with E-state index in [1.807, 2.05) is 78.3 Å². The lowest BCUT2D eigenvalue weighted by molar-refractivity contribution is 0.653. The Morgan fingerprint density at radius 2 is 1.46 bits per heavy atom. The van der Waals surface area contributed by atoms with Crippen LogP contribution in [0.4, 0.5) is 0 Å². The van der Waals surface area contributed by atoms with Crippen molar-refractivity contribution in [1.29, 1.82) is 0 Å². The minimum Gasteiger partial charge on any atom is -0.264 e. The molecule has 3 aromatic rings. The van der Waals surface area contributed by atoms with E-state index in [0.29, 0.717) is 0 Å². The van der Waals surface area contributed by atoms with Gasteiger partial charge < -0.3 is 0 Å². The van der Waals surface area contributed by atoms with Crippen LogP contribution in [0.2, 0.25) is 0 Å². The summed E-state index contributed by atoms with van der Waals surface area (Å²) < 4.78 is 1.92. The average Bonchev–Trinajstić information content (AvgIpc) is 3.12. The molecule has 0 radical (unpaired) electrons. The molecule has 0 saturated heterocycles. The molecule has 0 aliphatic rings. The smallest absolute Gasteiger partial charge is 0.100 e. The molecule has 0 saturated carbocycles. The molecule has 1 heterocycles. The first kappa shape index (κ1) is 15.9. The Labute approximate surface area is 142 Å². The van der Waals surface area contributed by atoms with E-state index in [4.69, 9.17) is 0 Å². The van der Waals surface area contributed by atoms with Gasteiger partial charge in [-0.15, -0.1) is 5.10 Å². The molecule has 0 fully saturated rings. The molecule has 0 aliphatic heterocycles. The summed E-state index contributed by atoms with van der Waals surface area (Å²) in [5, 5.41) is 13.3. The lowest BCUT2D eigenvalue weighted by atomic mass is 10.0. The van der Waals surface area contributed by atoms with Crippen LogP contribution < -0.4 is 0 Å². The van der Waals surface area contributed by atoms with E-state index in [1.165, 1.54) is 0 Å². The van der Waals surface area contributed by atoms with Crippen molar-refractivity contribution in [2.45, 2.75) is 20.4 Å². The third-order valence-electron chi connectivity index (χ3n) is 3.78. The van der Waals surface area contributed by atoms with Crippen LogP contribution in [-0.4, -0.2) is 21.2 Å². The van der Waals surface area contributed by atoms with Gasteiger partial charge in [0.1, 0.15) is 5.71 Å². The summed E-state index contributed by atoms with van der Waals surface area (Å²) in [6.07, 6.45) is 1.79. The fraction of sp³-hybridized carbons (Fsp3) is 0.150. The topological polar surface area (TPSA) is 42.5 Å². The molecule has 24 heavy (non-hydrogen) atoms. The molecule has 0 spiro atoms. The van der Waals surface area contributed by atoms with Gasteiger partial charge in [-0.25, -0.2) is 0 Å². The Balaban J connectivity index is 2.03. The van der Waals surface area contributed by atoms with E-state index < -0.39 is 0 Å². The zero-order chi connectivity index (χ0) is 16.8. The number of hydrogen-bond acceptors (Lipinski definition) is 3. The van der Waals surface area contributed by atoms with Crippen LogP contribution in [0.25, 0.3) is 0 Å². The molecule has 2 aromatic carbocycles. The zero-order valence-electron chi connectivity index (χ0n) is 13.9. The van der Waals surface area contributed by atoms with Gasteiger partial charge in [-0.3, -0.25) is 4.68 Å². The Morgan fingerprint density at radius 1 is 0.875 bits per heavy atom. The Bertz CT molecular complexity index is 804. The first-order valence-corrected chi connectivity index (χ1v) is 8.05. The van der Waals surface area contributed by atoms with Crippen molar-refractivity contribution in [3.63, 3.8) is 0 Å². The molecule has 1 aromatic heterocycles. The number of aromatic nitrogens is 2. The predicted octanol–water partition coefficient (Wildman–Crippen LogP) is 4.16. The van der Waals surface area contributed by atoms with Crippen LogP contribution in [0.3, 0.4) is 0 Å². The lowest BCUT2D eigenvalue weighted by Crippen LogP contribution is -2.08. The van der Waals surface area contributed by atoms with Crippen LogP contribution in [0.5, 0.6) is 0 Å². The van der Waals surface area contributed by atoms with E-state index >= 15 is 0 Å². The molecule has 4 heteroatoms. The van der Waals surface area contributed by atoms with Gasteiger partial charge in [-0.05, 0) is 19.9 Å². The van der Waals surface area contributed by atoms with Gasteiger partial charge in [-0.1, -0.05) is 60.7 Å². The third kappa shape index (κ3) is 3.49. The Morgan fingerprint density at radius 3 is 2.00 bits per heavy atom. The number of hydrogen-bond donors (Lipinski definition) is 0. The summed E-state index contributed by atoms with van der Waals surface area (Å²) in [5.41, 5.74) is 4.78.